The van der Waals surface area contributed by atoms with Crippen LogP contribution in [-0.4, -0.2) is 36.0 Å². The molecule has 96 valence electrons. The van der Waals surface area contributed by atoms with Crippen LogP contribution in [0.25, 0.3) is 11.3 Å². The fourth-order valence-electron chi connectivity index (χ4n) is 1.75. The first-order chi connectivity index (χ1) is 9.43. The number of H-pyrrole nitrogens is 2. The molecule has 0 saturated heterocycles. The standard InChI is InChI=1S/C11H12N8/c1-2-4-8(5-3-1)11-9(13-17-16-11)6-12-7-10-14-18-19-15-10/h1-5,12H,6-7H2,(H,13,16,17)(H,14,15,18,19). The molecule has 0 unspecified atom stereocenters. The third-order valence-corrected chi connectivity index (χ3v) is 2.63. The number of hydrogen-bond donors (Lipinski definition) is 3. The third-order valence-electron chi connectivity index (χ3n) is 2.63. The SMILES string of the molecule is c1ccc(-c2n[nH]nc2CNCc2nn[nH]n2)cc1. The molecule has 0 fully saturated rings. The van der Waals surface area contributed by atoms with Crippen LogP contribution < -0.4 is 5.32 Å². The summed E-state index contributed by atoms with van der Waals surface area (Å²) >= 11 is 0. The Kier molecular flexibility index (Phi) is 3.24. The van der Waals surface area contributed by atoms with Crippen molar-refractivity contribution in [3.05, 3.63) is 41.9 Å². The normalized spacial score (nSPS) is 10.7. The number of tetrazole rings is 1. The molecule has 0 saturated carbocycles. The summed E-state index contributed by atoms with van der Waals surface area (Å²) in [6.07, 6.45) is 0. The molecule has 0 bridgehead atoms. The van der Waals surface area contributed by atoms with Crippen LogP contribution in [0.5, 0.6) is 0 Å². The molecular formula is C11H12N8. The molecule has 0 spiro atoms. The van der Waals surface area contributed by atoms with E-state index in [-0.39, 0.29) is 0 Å². The highest BCUT2D eigenvalue weighted by atomic mass is 15.5. The molecule has 2 heterocycles. The highest BCUT2D eigenvalue weighted by molar-refractivity contribution is 5.60. The minimum atomic E-state index is 0.525. The molecule has 8 nitrogen and oxygen atoms in total. The van der Waals surface area contributed by atoms with E-state index >= 15 is 0 Å². The van der Waals surface area contributed by atoms with Crippen LogP contribution in [-0.2, 0) is 13.1 Å². The number of nitrogens with one attached hydrogen (secondary N) is 3. The highest BCUT2D eigenvalue weighted by Crippen LogP contribution is 2.18. The first-order valence-corrected chi connectivity index (χ1v) is 5.81. The Bertz CT molecular complexity index is 615. The highest BCUT2D eigenvalue weighted by Gasteiger charge is 2.09. The van der Waals surface area contributed by atoms with E-state index in [0.29, 0.717) is 18.9 Å². The summed E-state index contributed by atoms with van der Waals surface area (Å²) in [5.74, 6) is 0.616. The third kappa shape index (κ3) is 2.63. The Morgan fingerprint density at radius 3 is 2.63 bits per heavy atom. The number of benzene rings is 1. The monoisotopic (exact) mass is 256 g/mol. The van der Waals surface area contributed by atoms with E-state index in [0.717, 1.165) is 17.0 Å². The van der Waals surface area contributed by atoms with Gasteiger partial charge >= 0.3 is 0 Å². The summed E-state index contributed by atoms with van der Waals surface area (Å²) in [6, 6.07) is 9.92. The van der Waals surface area contributed by atoms with Gasteiger partial charge in [-0.25, -0.2) is 0 Å². The fourth-order valence-corrected chi connectivity index (χ4v) is 1.75. The second-order valence-electron chi connectivity index (χ2n) is 3.92. The summed E-state index contributed by atoms with van der Waals surface area (Å²) in [4.78, 5) is 0. The Hall–Kier alpha value is -2.61. The van der Waals surface area contributed by atoms with E-state index in [1.54, 1.807) is 0 Å². The lowest BCUT2D eigenvalue weighted by Crippen LogP contribution is -2.14. The van der Waals surface area contributed by atoms with Gasteiger partial charge in [-0.3, -0.25) is 0 Å². The van der Waals surface area contributed by atoms with Gasteiger partial charge in [-0.15, -0.1) is 10.2 Å². The summed E-state index contributed by atoms with van der Waals surface area (Å²) < 4.78 is 0. The van der Waals surface area contributed by atoms with Gasteiger partial charge < -0.3 is 5.32 Å². The number of nitrogens with zero attached hydrogens (tertiary/aromatic N) is 5. The minimum Gasteiger partial charge on any atom is -0.304 e. The van der Waals surface area contributed by atoms with Crippen molar-refractivity contribution in [3.63, 3.8) is 0 Å². The lowest BCUT2D eigenvalue weighted by molar-refractivity contribution is 0.651. The molecular weight excluding hydrogens is 244 g/mol. The van der Waals surface area contributed by atoms with Crippen molar-refractivity contribution in [1.29, 1.82) is 0 Å². The number of hydrogen-bond acceptors (Lipinski definition) is 6. The Morgan fingerprint density at radius 1 is 0.947 bits per heavy atom. The van der Waals surface area contributed by atoms with Crippen LogP contribution in [0.2, 0.25) is 0 Å². The van der Waals surface area contributed by atoms with Gasteiger partial charge in [0.25, 0.3) is 0 Å². The van der Waals surface area contributed by atoms with Crippen molar-refractivity contribution in [3.8, 4) is 11.3 Å². The topological polar surface area (TPSA) is 108 Å². The molecule has 0 radical (unpaired) electrons. The number of rotatable bonds is 5. The first kappa shape index (κ1) is 11.5. The lowest BCUT2D eigenvalue weighted by atomic mass is 10.1. The zero-order valence-electron chi connectivity index (χ0n) is 10.0. The fraction of sp³-hybridized carbons (Fsp3) is 0.182. The van der Waals surface area contributed by atoms with E-state index in [2.05, 4.69) is 41.4 Å². The second kappa shape index (κ2) is 5.36. The molecule has 3 rings (SSSR count). The largest absolute Gasteiger partial charge is 0.304 e. The zero-order chi connectivity index (χ0) is 12.9. The smallest absolute Gasteiger partial charge is 0.188 e. The first-order valence-electron chi connectivity index (χ1n) is 5.81. The van der Waals surface area contributed by atoms with Crippen molar-refractivity contribution in [2.75, 3.05) is 0 Å². The predicted molar refractivity (Wildman–Crippen MR) is 66.5 cm³/mol. The maximum Gasteiger partial charge on any atom is 0.188 e. The Morgan fingerprint density at radius 2 is 1.84 bits per heavy atom. The molecule has 3 aromatic rings. The molecule has 8 heteroatoms. The molecule has 3 N–H and O–H groups in total. The van der Waals surface area contributed by atoms with E-state index in [9.17, 15) is 0 Å². The number of aromatic nitrogens is 7. The van der Waals surface area contributed by atoms with E-state index in [1.165, 1.54) is 0 Å². The summed E-state index contributed by atoms with van der Waals surface area (Å²) in [6.45, 7) is 1.10. The van der Waals surface area contributed by atoms with Gasteiger partial charge in [0.1, 0.15) is 11.4 Å². The van der Waals surface area contributed by atoms with Gasteiger partial charge in [0.2, 0.25) is 0 Å². The molecule has 0 aliphatic rings. The molecule has 0 aliphatic carbocycles. The molecule has 0 atom stereocenters. The summed E-state index contributed by atoms with van der Waals surface area (Å²) in [7, 11) is 0. The van der Waals surface area contributed by atoms with Crippen LogP contribution in [0.15, 0.2) is 30.3 Å². The van der Waals surface area contributed by atoms with Crippen LogP contribution in [0.3, 0.4) is 0 Å². The van der Waals surface area contributed by atoms with Gasteiger partial charge in [0, 0.05) is 12.1 Å². The molecule has 19 heavy (non-hydrogen) atoms. The summed E-state index contributed by atoms with van der Waals surface area (Å²) in [5, 5.41) is 27.8. The van der Waals surface area contributed by atoms with E-state index in [1.807, 2.05) is 30.3 Å². The van der Waals surface area contributed by atoms with Gasteiger partial charge in [-0.05, 0) is 0 Å². The van der Waals surface area contributed by atoms with Crippen molar-refractivity contribution in [2.45, 2.75) is 13.1 Å². The van der Waals surface area contributed by atoms with Crippen molar-refractivity contribution < 1.29 is 0 Å². The predicted octanol–water partition coefficient (Wildman–Crippen LogP) is 0.275. The average molecular weight is 256 g/mol. The van der Waals surface area contributed by atoms with Gasteiger partial charge in [-0.2, -0.15) is 20.6 Å². The maximum absolute atomic E-state index is 4.18. The maximum atomic E-state index is 4.18. The van der Waals surface area contributed by atoms with Crippen LogP contribution >= 0.6 is 0 Å². The van der Waals surface area contributed by atoms with Crippen LogP contribution in [0.1, 0.15) is 11.5 Å². The zero-order valence-corrected chi connectivity index (χ0v) is 10.0. The van der Waals surface area contributed by atoms with Crippen molar-refractivity contribution in [2.24, 2.45) is 0 Å². The lowest BCUT2D eigenvalue weighted by Gasteiger charge is -2.01. The average Bonchev–Trinajstić information content (AvgIpc) is 3.11. The van der Waals surface area contributed by atoms with Gasteiger partial charge in [0.05, 0.1) is 6.54 Å². The van der Waals surface area contributed by atoms with Crippen molar-refractivity contribution >= 4 is 0 Å². The molecule has 0 amide bonds. The van der Waals surface area contributed by atoms with Crippen LogP contribution in [0, 0.1) is 0 Å². The molecule has 1 aromatic carbocycles. The quantitative estimate of drug-likeness (QED) is 0.605. The van der Waals surface area contributed by atoms with E-state index < -0.39 is 0 Å². The second-order valence-corrected chi connectivity index (χ2v) is 3.92. The molecule has 2 aromatic heterocycles. The van der Waals surface area contributed by atoms with E-state index in [4.69, 9.17) is 0 Å². The van der Waals surface area contributed by atoms with Crippen molar-refractivity contribution in [1.82, 2.24) is 41.4 Å². The number of aromatic amines is 2. The Labute approximate surface area is 108 Å². The Balaban J connectivity index is 1.67. The minimum absolute atomic E-state index is 0.525. The van der Waals surface area contributed by atoms with Crippen LogP contribution in [0.4, 0.5) is 0 Å². The van der Waals surface area contributed by atoms with Gasteiger partial charge in [-0.1, -0.05) is 35.5 Å². The molecule has 0 aliphatic heterocycles. The van der Waals surface area contributed by atoms with Gasteiger partial charge in [0.15, 0.2) is 5.82 Å². The summed E-state index contributed by atoms with van der Waals surface area (Å²) in [5.41, 5.74) is 2.74.